The SMILES string of the molecule is Cc1ccc2c(n1)oc1c(N3C4CCC([C@@H]3C)C4(C)C)c(C)ccc12. The fourth-order valence-corrected chi connectivity index (χ4v) is 5.74. The van der Waals surface area contributed by atoms with Gasteiger partial charge in [0.15, 0.2) is 5.58 Å². The van der Waals surface area contributed by atoms with Gasteiger partial charge in [-0.1, -0.05) is 26.0 Å². The van der Waals surface area contributed by atoms with Crippen molar-refractivity contribution < 1.29 is 4.42 Å². The maximum Gasteiger partial charge on any atom is 0.227 e. The molecule has 2 aromatic heterocycles. The summed E-state index contributed by atoms with van der Waals surface area (Å²) < 4.78 is 6.33. The summed E-state index contributed by atoms with van der Waals surface area (Å²) in [5.74, 6) is 0.761. The summed E-state index contributed by atoms with van der Waals surface area (Å²) >= 11 is 0. The van der Waals surface area contributed by atoms with E-state index in [4.69, 9.17) is 4.42 Å². The average Bonchev–Trinajstić information content (AvgIpc) is 3.11. The van der Waals surface area contributed by atoms with E-state index in [-0.39, 0.29) is 0 Å². The number of nitrogens with zero attached hydrogens (tertiary/aromatic N) is 2. The van der Waals surface area contributed by atoms with Gasteiger partial charge in [-0.15, -0.1) is 0 Å². The van der Waals surface area contributed by atoms with Gasteiger partial charge in [0.25, 0.3) is 0 Å². The Labute approximate surface area is 149 Å². The Hall–Kier alpha value is -2.03. The first kappa shape index (κ1) is 15.2. The molecule has 1 saturated carbocycles. The molecule has 1 aliphatic carbocycles. The second kappa shape index (κ2) is 4.78. The molecule has 3 heteroatoms. The molecule has 0 N–H and O–H groups in total. The van der Waals surface area contributed by atoms with Crippen molar-refractivity contribution in [2.45, 2.75) is 59.5 Å². The third-order valence-corrected chi connectivity index (χ3v) is 7.00. The van der Waals surface area contributed by atoms with E-state index in [1.54, 1.807) is 0 Å². The Morgan fingerprint density at radius 2 is 1.84 bits per heavy atom. The number of aromatic nitrogens is 1. The van der Waals surface area contributed by atoms with Gasteiger partial charge in [-0.3, -0.25) is 0 Å². The fraction of sp³-hybridized carbons (Fsp3) is 0.500. The van der Waals surface area contributed by atoms with Crippen molar-refractivity contribution in [2.24, 2.45) is 11.3 Å². The molecule has 3 aromatic rings. The molecule has 3 atom stereocenters. The van der Waals surface area contributed by atoms with Gasteiger partial charge in [0.05, 0.1) is 5.69 Å². The van der Waals surface area contributed by atoms with Gasteiger partial charge in [0.2, 0.25) is 5.71 Å². The van der Waals surface area contributed by atoms with Gasteiger partial charge in [-0.05, 0) is 62.6 Å². The van der Waals surface area contributed by atoms with Crippen LogP contribution in [-0.2, 0) is 0 Å². The Morgan fingerprint density at radius 1 is 1.08 bits per heavy atom. The number of hydrogen-bond donors (Lipinski definition) is 0. The lowest BCUT2D eigenvalue weighted by atomic mass is 9.80. The van der Waals surface area contributed by atoms with E-state index in [0.717, 1.165) is 28.3 Å². The lowest BCUT2D eigenvalue weighted by molar-refractivity contribution is 0.286. The van der Waals surface area contributed by atoms with Crippen LogP contribution in [0.15, 0.2) is 28.7 Å². The number of fused-ring (bicyclic) bond motifs is 5. The van der Waals surface area contributed by atoms with E-state index < -0.39 is 0 Å². The summed E-state index contributed by atoms with van der Waals surface area (Å²) in [6, 6.07) is 9.81. The predicted octanol–water partition coefficient (Wildman–Crippen LogP) is 5.61. The van der Waals surface area contributed by atoms with Crippen LogP contribution in [0.1, 0.15) is 44.9 Å². The van der Waals surface area contributed by atoms with E-state index in [0.29, 0.717) is 17.5 Å². The highest BCUT2D eigenvalue weighted by molar-refractivity contribution is 6.08. The molecule has 2 fully saturated rings. The van der Waals surface area contributed by atoms with Crippen molar-refractivity contribution in [2.75, 3.05) is 4.90 Å². The number of piperidine rings is 1. The molecule has 130 valence electrons. The number of furan rings is 1. The van der Waals surface area contributed by atoms with E-state index in [2.05, 4.69) is 61.8 Å². The lowest BCUT2D eigenvalue weighted by Gasteiger charge is -2.36. The van der Waals surface area contributed by atoms with Crippen molar-refractivity contribution in [3.63, 3.8) is 0 Å². The Bertz CT molecular complexity index is 1000. The first-order chi connectivity index (χ1) is 11.9. The van der Waals surface area contributed by atoms with Gasteiger partial charge >= 0.3 is 0 Å². The molecule has 25 heavy (non-hydrogen) atoms. The molecule has 0 radical (unpaired) electrons. The van der Waals surface area contributed by atoms with Crippen LogP contribution in [0.2, 0.25) is 0 Å². The van der Waals surface area contributed by atoms with Crippen LogP contribution in [0, 0.1) is 25.2 Å². The summed E-state index contributed by atoms with van der Waals surface area (Å²) in [6.45, 7) is 11.5. The van der Waals surface area contributed by atoms with E-state index >= 15 is 0 Å². The third kappa shape index (κ3) is 1.84. The Morgan fingerprint density at radius 3 is 2.56 bits per heavy atom. The van der Waals surface area contributed by atoms with Crippen LogP contribution in [0.4, 0.5) is 5.69 Å². The minimum absolute atomic E-state index is 0.370. The highest BCUT2D eigenvalue weighted by Crippen LogP contribution is 2.57. The summed E-state index contributed by atoms with van der Waals surface area (Å²) in [5, 5.41) is 2.31. The number of benzene rings is 1. The molecule has 5 rings (SSSR count). The zero-order valence-electron chi connectivity index (χ0n) is 15.8. The minimum Gasteiger partial charge on any atom is -0.436 e. The maximum atomic E-state index is 6.33. The summed E-state index contributed by atoms with van der Waals surface area (Å²) in [4.78, 5) is 7.29. The molecule has 1 saturated heterocycles. The smallest absolute Gasteiger partial charge is 0.227 e. The van der Waals surface area contributed by atoms with Crippen LogP contribution in [0.25, 0.3) is 22.1 Å². The highest BCUT2D eigenvalue weighted by Gasteiger charge is 2.56. The molecule has 1 aromatic carbocycles. The molecular formula is C22H26N2O. The van der Waals surface area contributed by atoms with E-state index in [9.17, 15) is 0 Å². The van der Waals surface area contributed by atoms with Crippen LogP contribution >= 0.6 is 0 Å². The maximum absolute atomic E-state index is 6.33. The number of aryl methyl sites for hydroxylation is 2. The summed E-state index contributed by atoms with van der Waals surface area (Å²) in [5.41, 5.74) is 5.75. The van der Waals surface area contributed by atoms with Crippen LogP contribution in [0.3, 0.4) is 0 Å². The number of rotatable bonds is 1. The Kier molecular flexibility index (Phi) is 2.91. The molecule has 3 heterocycles. The van der Waals surface area contributed by atoms with E-state index in [1.807, 2.05) is 6.92 Å². The third-order valence-electron chi connectivity index (χ3n) is 7.00. The largest absolute Gasteiger partial charge is 0.436 e. The van der Waals surface area contributed by atoms with Crippen LogP contribution < -0.4 is 4.90 Å². The second-order valence-electron chi connectivity index (χ2n) is 8.68. The zero-order valence-corrected chi connectivity index (χ0v) is 15.8. The van der Waals surface area contributed by atoms with Crippen molar-refractivity contribution in [3.05, 3.63) is 35.5 Å². The fourth-order valence-electron chi connectivity index (χ4n) is 5.74. The molecule has 2 unspecified atom stereocenters. The molecule has 0 amide bonds. The quantitative estimate of drug-likeness (QED) is 0.579. The number of anilines is 1. The molecule has 0 spiro atoms. The van der Waals surface area contributed by atoms with Crippen molar-refractivity contribution in [1.82, 2.24) is 4.98 Å². The van der Waals surface area contributed by atoms with E-state index in [1.165, 1.54) is 29.5 Å². The van der Waals surface area contributed by atoms with Gasteiger partial charge in [0.1, 0.15) is 0 Å². The number of pyridine rings is 1. The summed E-state index contributed by atoms with van der Waals surface area (Å²) in [7, 11) is 0. The van der Waals surface area contributed by atoms with Crippen LogP contribution in [-0.4, -0.2) is 17.1 Å². The zero-order chi connectivity index (χ0) is 17.5. The molecule has 3 nitrogen and oxygen atoms in total. The Balaban J connectivity index is 1.79. The monoisotopic (exact) mass is 334 g/mol. The molecule has 1 aliphatic heterocycles. The molecule has 2 aliphatic rings. The highest BCUT2D eigenvalue weighted by atomic mass is 16.3. The molecule has 2 bridgehead atoms. The van der Waals surface area contributed by atoms with Gasteiger partial charge < -0.3 is 9.32 Å². The first-order valence-corrected chi connectivity index (χ1v) is 9.47. The average molecular weight is 334 g/mol. The minimum atomic E-state index is 0.370. The van der Waals surface area contributed by atoms with Crippen LogP contribution in [0.5, 0.6) is 0 Å². The van der Waals surface area contributed by atoms with Gasteiger partial charge in [-0.25, -0.2) is 4.98 Å². The van der Waals surface area contributed by atoms with Crippen molar-refractivity contribution >= 4 is 27.8 Å². The standard InChI is InChI=1S/C22H26N2O/c1-12-6-8-15-16-9-7-13(2)23-21(16)25-20(15)19(12)24-14(3)17-10-11-18(24)22(17,4)5/h6-9,14,17-18H,10-11H2,1-5H3/t14-,17?,18?/m0/s1. The predicted molar refractivity (Wildman–Crippen MR) is 103 cm³/mol. The lowest BCUT2D eigenvalue weighted by Crippen LogP contribution is -2.40. The second-order valence-corrected chi connectivity index (χ2v) is 8.68. The normalized spacial score (nSPS) is 27.7. The molecular weight excluding hydrogens is 308 g/mol. The first-order valence-electron chi connectivity index (χ1n) is 9.47. The topological polar surface area (TPSA) is 29.3 Å². The van der Waals surface area contributed by atoms with Crippen molar-refractivity contribution in [1.29, 1.82) is 0 Å². The van der Waals surface area contributed by atoms with Gasteiger partial charge in [-0.2, -0.15) is 0 Å². The number of hydrogen-bond acceptors (Lipinski definition) is 3. The van der Waals surface area contributed by atoms with Gasteiger partial charge in [0, 0.05) is 28.6 Å². The van der Waals surface area contributed by atoms with Crippen molar-refractivity contribution in [3.8, 4) is 0 Å². The summed E-state index contributed by atoms with van der Waals surface area (Å²) in [6.07, 6.45) is 2.64.